The summed E-state index contributed by atoms with van der Waals surface area (Å²) in [5, 5.41) is 8.30. The number of carbonyl (C=O) groups is 1. The molecule has 0 unspecified atom stereocenters. The van der Waals surface area contributed by atoms with Crippen LogP contribution in [0.25, 0.3) is 5.69 Å². The van der Waals surface area contributed by atoms with Crippen LogP contribution in [0.3, 0.4) is 0 Å². The van der Waals surface area contributed by atoms with Gasteiger partial charge in [-0.25, -0.2) is 4.68 Å². The molecule has 1 aromatic heterocycles. The van der Waals surface area contributed by atoms with Crippen molar-refractivity contribution in [3.05, 3.63) is 46.7 Å². The Morgan fingerprint density at radius 2 is 2.04 bits per heavy atom. The molecule has 0 spiro atoms. The van der Waals surface area contributed by atoms with Crippen molar-refractivity contribution in [1.82, 2.24) is 20.0 Å². The first-order valence-corrected chi connectivity index (χ1v) is 8.25. The van der Waals surface area contributed by atoms with Crippen LogP contribution in [-0.2, 0) is 0 Å². The van der Waals surface area contributed by atoms with Crippen LogP contribution in [0.2, 0.25) is 5.02 Å². The van der Waals surface area contributed by atoms with E-state index in [9.17, 15) is 4.79 Å². The highest BCUT2D eigenvalue weighted by molar-refractivity contribution is 6.30. The second-order valence-corrected chi connectivity index (χ2v) is 6.33. The zero-order valence-electron chi connectivity index (χ0n) is 13.8. The maximum atomic E-state index is 12.8. The summed E-state index contributed by atoms with van der Waals surface area (Å²) in [6.07, 6.45) is 3.64. The quantitative estimate of drug-likeness (QED) is 0.905. The molecule has 1 aromatic carbocycles. The van der Waals surface area contributed by atoms with Gasteiger partial charge in [-0.05, 0) is 45.0 Å². The molecule has 0 aliphatic carbocycles. The number of carbonyl (C=O) groups excluding carboxylic acids is 1. The molecule has 0 atom stereocenters. The van der Waals surface area contributed by atoms with Gasteiger partial charge in [0.15, 0.2) is 0 Å². The number of hydrogen-bond acceptors (Lipinski definition) is 3. The zero-order valence-corrected chi connectivity index (χ0v) is 15.4. The molecule has 2 aromatic rings. The van der Waals surface area contributed by atoms with Gasteiger partial charge >= 0.3 is 0 Å². The minimum atomic E-state index is 0. The first-order chi connectivity index (χ1) is 11.1. The maximum Gasteiger partial charge on any atom is 0.257 e. The van der Waals surface area contributed by atoms with Crippen LogP contribution >= 0.6 is 24.0 Å². The summed E-state index contributed by atoms with van der Waals surface area (Å²) >= 11 is 6.04. The van der Waals surface area contributed by atoms with Crippen molar-refractivity contribution in [2.75, 3.05) is 20.1 Å². The second kappa shape index (κ2) is 8.01. The fourth-order valence-corrected chi connectivity index (χ4v) is 3.21. The highest BCUT2D eigenvalue weighted by atomic mass is 35.5. The largest absolute Gasteiger partial charge is 0.338 e. The Balaban J connectivity index is 0.00000208. The van der Waals surface area contributed by atoms with Crippen LogP contribution in [0.15, 0.2) is 30.5 Å². The Morgan fingerprint density at radius 1 is 1.33 bits per heavy atom. The number of nitrogens with zero attached hydrogens (tertiary/aromatic N) is 3. The molecule has 3 rings (SSSR count). The van der Waals surface area contributed by atoms with Gasteiger partial charge in [-0.2, -0.15) is 5.10 Å². The Kier molecular flexibility index (Phi) is 6.27. The average molecular weight is 369 g/mol. The molecule has 130 valence electrons. The molecule has 0 bridgehead atoms. The average Bonchev–Trinajstić information content (AvgIpc) is 2.96. The summed E-state index contributed by atoms with van der Waals surface area (Å²) in [5.41, 5.74) is 2.36. The standard InChI is InChI=1S/C17H21ClN4O.ClH/c1-12-16(17(23)21-8-6-14(19-2)7-9-21)11-20-22(12)15-5-3-4-13(18)10-15;/h3-5,10-11,14,19H,6-9H2,1-2H3;1H. The van der Waals surface area contributed by atoms with Gasteiger partial charge in [0.2, 0.25) is 0 Å². The van der Waals surface area contributed by atoms with E-state index in [4.69, 9.17) is 11.6 Å². The van der Waals surface area contributed by atoms with Crippen molar-refractivity contribution in [3.8, 4) is 5.69 Å². The fourth-order valence-electron chi connectivity index (χ4n) is 3.03. The van der Waals surface area contributed by atoms with Crippen LogP contribution in [-0.4, -0.2) is 46.8 Å². The van der Waals surface area contributed by atoms with Gasteiger partial charge in [0.25, 0.3) is 5.91 Å². The van der Waals surface area contributed by atoms with E-state index < -0.39 is 0 Å². The zero-order chi connectivity index (χ0) is 16.4. The van der Waals surface area contributed by atoms with E-state index in [2.05, 4.69) is 10.4 Å². The van der Waals surface area contributed by atoms with E-state index >= 15 is 0 Å². The molecule has 5 nitrogen and oxygen atoms in total. The lowest BCUT2D eigenvalue weighted by Crippen LogP contribution is -2.44. The molecule has 1 N–H and O–H groups in total. The molecule has 1 fully saturated rings. The SMILES string of the molecule is CNC1CCN(C(=O)c2cnn(-c3cccc(Cl)c3)c2C)CC1.Cl. The number of rotatable bonds is 3. The van der Waals surface area contributed by atoms with Gasteiger partial charge in [-0.15, -0.1) is 12.4 Å². The van der Waals surface area contributed by atoms with Crippen LogP contribution < -0.4 is 5.32 Å². The van der Waals surface area contributed by atoms with Crippen LogP contribution in [0.1, 0.15) is 28.9 Å². The van der Waals surface area contributed by atoms with Crippen molar-refractivity contribution in [3.63, 3.8) is 0 Å². The first kappa shape index (κ1) is 18.8. The number of likely N-dealkylation sites (tertiary alicyclic amines) is 1. The molecule has 7 heteroatoms. The molecular weight excluding hydrogens is 347 g/mol. The lowest BCUT2D eigenvalue weighted by molar-refractivity contribution is 0.0706. The number of nitrogens with one attached hydrogen (secondary N) is 1. The summed E-state index contributed by atoms with van der Waals surface area (Å²) in [6.45, 7) is 3.49. The predicted molar refractivity (Wildman–Crippen MR) is 98.5 cm³/mol. The summed E-state index contributed by atoms with van der Waals surface area (Å²) in [7, 11) is 1.97. The molecule has 24 heavy (non-hydrogen) atoms. The number of aromatic nitrogens is 2. The van der Waals surface area contributed by atoms with Gasteiger partial charge in [-0.1, -0.05) is 17.7 Å². The minimum Gasteiger partial charge on any atom is -0.338 e. The fraction of sp³-hybridized carbons (Fsp3) is 0.412. The first-order valence-electron chi connectivity index (χ1n) is 7.87. The molecule has 1 aliphatic rings. The molecule has 0 radical (unpaired) electrons. The van der Waals surface area contributed by atoms with Gasteiger partial charge in [0.05, 0.1) is 23.1 Å². The highest BCUT2D eigenvalue weighted by Crippen LogP contribution is 2.20. The van der Waals surface area contributed by atoms with E-state index in [-0.39, 0.29) is 18.3 Å². The number of hydrogen-bond donors (Lipinski definition) is 1. The molecule has 1 amide bonds. The van der Waals surface area contributed by atoms with Crippen molar-refractivity contribution in [2.45, 2.75) is 25.8 Å². The third-order valence-corrected chi connectivity index (χ3v) is 4.72. The van der Waals surface area contributed by atoms with Gasteiger partial charge in [-0.3, -0.25) is 4.79 Å². The van der Waals surface area contributed by atoms with Gasteiger partial charge in [0, 0.05) is 24.2 Å². The van der Waals surface area contributed by atoms with E-state index in [1.54, 1.807) is 10.9 Å². The maximum absolute atomic E-state index is 12.8. The van der Waals surface area contributed by atoms with Crippen molar-refractivity contribution >= 4 is 29.9 Å². The van der Waals surface area contributed by atoms with E-state index in [0.29, 0.717) is 16.6 Å². The van der Waals surface area contributed by atoms with Crippen LogP contribution in [0.5, 0.6) is 0 Å². The van der Waals surface area contributed by atoms with Crippen LogP contribution in [0.4, 0.5) is 0 Å². The lowest BCUT2D eigenvalue weighted by atomic mass is 10.0. The van der Waals surface area contributed by atoms with E-state index in [1.807, 2.05) is 43.1 Å². The monoisotopic (exact) mass is 368 g/mol. The lowest BCUT2D eigenvalue weighted by Gasteiger charge is -2.31. The Morgan fingerprint density at radius 3 is 2.67 bits per heavy atom. The van der Waals surface area contributed by atoms with Crippen molar-refractivity contribution in [1.29, 1.82) is 0 Å². The smallest absolute Gasteiger partial charge is 0.257 e. The molecular formula is C17H22Cl2N4O. The molecule has 1 aliphatic heterocycles. The summed E-state index contributed by atoms with van der Waals surface area (Å²) in [5.74, 6) is 0.0605. The normalized spacial score (nSPS) is 15.2. The summed E-state index contributed by atoms with van der Waals surface area (Å²) in [4.78, 5) is 14.7. The third-order valence-electron chi connectivity index (χ3n) is 4.48. The molecule has 1 saturated heterocycles. The number of benzene rings is 1. The Bertz CT molecular complexity index is 708. The van der Waals surface area contributed by atoms with Crippen molar-refractivity contribution < 1.29 is 4.79 Å². The van der Waals surface area contributed by atoms with E-state index in [1.165, 1.54) is 0 Å². The molecule has 0 saturated carbocycles. The third kappa shape index (κ3) is 3.74. The summed E-state index contributed by atoms with van der Waals surface area (Å²) in [6, 6.07) is 7.98. The molecule has 2 heterocycles. The number of amides is 1. The second-order valence-electron chi connectivity index (χ2n) is 5.89. The number of halogens is 2. The Hall–Kier alpha value is -1.56. The van der Waals surface area contributed by atoms with Crippen LogP contribution in [0, 0.1) is 6.92 Å². The topological polar surface area (TPSA) is 50.2 Å². The summed E-state index contributed by atoms with van der Waals surface area (Å²) < 4.78 is 1.76. The van der Waals surface area contributed by atoms with Gasteiger partial charge < -0.3 is 10.2 Å². The van der Waals surface area contributed by atoms with Crippen molar-refractivity contribution in [2.24, 2.45) is 0 Å². The van der Waals surface area contributed by atoms with Gasteiger partial charge in [0.1, 0.15) is 0 Å². The number of piperidine rings is 1. The minimum absolute atomic E-state index is 0. The Labute approximate surface area is 153 Å². The van der Waals surface area contributed by atoms with E-state index in [0.717, 1.165) is 37.3 Å². The highest BCUT2D eigenvalue weighted by Gasteiger charge is 2.25. The predicted octanol–water partition coefficient (Wildman–Crippen LogP) is 3.08.